The van der Waals surface area contributed by atoms with E-state index >= 15 is 0 Å². The van der Waals surface area contributed by atoms with Gasteiger partial charge in [0.05, 0.1) is 7.11 Å². The Kier molecular flexibility index (Phi) is 2.34. The Hall–Kier alpha value is -1.24. The zero-order valence-electron chi connectivity index (χ0n) is 9.92. The number of allylic oxidation sites excluding steroid dienone is 2. The molecule has 15 heavy (non-hydrogen) atoms. The predicted octanol–water partition coefficient (Wildman–Crippen LogP) is 3.68. The Morgan fingerprint density at radius 1 is 1.27 bits per heavy atom. The van der Waals surface area contributed by atoms with E-state index in [2.05, 4.69) is 39.0 Å². The summed E-state index contributed by atoms with van der Waals surface area (Å²) in [4.78, 5) is 0. The number of rotatable bonds is 1. The smallest absolute Gasteiger partial charge is 0.119 e. The van der Waals surface area contributed by atoms with Crippen molar-refractivity contribution in [3.63, 3.8) is 0 Å². The molecule has 1 aliphatic rings. The molecule has 1 aromatic rings. The second kappa shape index (κ2) is 3.41. The van der Waals surface area contributed by atoms with E-state index in [1.54, 1.807) is 7.11 Å². The van der Waals surface area contributed by atoms with E-state index in [0.717, 1.165) is 12.2 Å². The number of hydrogen-bond acceptors (Lipinski definition) is 1. The molecule has 0 N–H and O–H groups in total. The van der Waals surface area contributed by atoms with E-state index < -0.39 is 0 Å². The first-order valence-electron chi connectivity index (χ1n) is 5.38. The van der Waals surface area contributed by atoms with Gasteiger partial charge < -0.3 is 4.74 Å². The summed E-state index contributed by atoms with van der Waals surface area (Å²) in [6, 6.07) is 6.36. The van der Waals surface area contributed by atoms with Gasteiger partial charge in [-0.2, -0.15) is 0 Å². The molecule has 1 nitrogen and oxygen atoms in total. The maximum absolute atomic E-state index is 5.26. The zero-order valence-corrected chi connectivity index (χ0v) is 9.92. The Morgan fingerprint density at radius 2 is 2.00 bits per heavy atom. The number of hydrogen-bond donors (Lipinski definition) is 0. The van der Waals surface area contributed by atoms with Crippen LogP contribution in [0.1, 0.15) is 31.9 Å². The Morgan fingerprint density at radius 3 is 2.67 bits per heavy atom. The molecule has 2 rings (SSSR count). The molecular weight excluding hydrogens is 184 g/mol. The highest BCUT2D eigenvalue weighted by molar-refractivity contribution is 5.70. The minimum atomic E-state index is 0.267. The number of fused-ring (bicyclic) bond motifs is 1. The highest BCUT2D eigenvalue weighted by Crippen LogP contribution is 2.37. The van der Waals surface area contributed by atoms with Gasteiger partial charge in [-0.15, -0.1) is 0 Å². The quantitative estimate of drug-likeness (QED) is 0.675. The lowest BCUT2D eigenvalue weighted by Gasteiger charge is -2.28. The summed E-state index contributed by atoms with van der Waals surface area (Å²) < 4.78 is 5.26. The third-order valence-electron chi connectivity index (χ3n) is 2.99. The van der Waals surface area contributed by atoms with E-state index in [1.807, 2.05) is 6.07 Å². The highest BCUT2D eigenvalue weighted by Gasteiger charge is 2.23. The standard InChI is InChI=1S/C14H18O/c1-10-8-14(2,3)9-11-7-12(15-4)5-6-13(10)11/h5-8H,9H2,1-4H3. The third kappa shape index (κ3) is 1.92. The van der Waals surface area contributed by atoms with Crippen LogP contribution in [0.5, 0.6) is 5.75 Å². The average molecular weight is 202 g/mol. The molecule has 0 atom stereocenters. The normalized spacial score (nSPS) is 18.0. The molecule has 0 aliphatic heterocycles. The van der Waals surface area contributed by atoms with Crippen LogP contribution in [0.25, 0.3) is 5.57 Å². The van der Waals surface area contributed by atoms with E-state index in [4.69, 9.17) is 4.74 Å². The van der Waals surface area contributed by atoms with Gasteiger partial charge in [-0.25, -0.2) is 0 Å². The first-order chi connectivity index (χ1) is 7.02. The lowest BCUT2D eigenvalue weighted by molar-refractivity contribution is 0.412. The summed E-state index contributed by atoms with van der Waals surface area (Å²) in [5.41, 5.74) is 4.42. The number of methoxy groups -OCH3 is 1. The van der Waals surface area contributed by atoms with Gasteiger partial charge in [-0.3, -0.25) is 0 Å². The van der Waals surface area contributed by atoms with Crippen LogP contribution in [-0.4, -0.2) is 7.11 Å². The van der Waals surface area contributed by atoms with Crippen molar-refractivity contribution in [3.8, 4) is 5.75 Å². The van der Waals surface area contributed by atoms with Gasteiger partial charge in [0.15, 0.2) is 0 Å². The van der Waals surface area contributed by atoms with E-state index in [9.17, 15) is 0 Å². The zero-order chi connectivity index (χ0) is 11.1. The monoisotopic (exact) mass is 202 g/mol. The SMILES string of the molecule is COc1ccc2c(c1)CC(C)(C)C=C2C. The molecule has 0 saturated carbocycles. The topological polar surface area (TPSA) is 9.23 Å². The summed E-state index contributed by atoms with van der Waals surface area (Å²) >= 11 is 0. The fourth-order valence-electron chi connectivity index (χ4n) is 2.43. The predicted molar refractivity (Wildman–Crippen MR) is 64.1 cm³/mol. The molecule has 0 amide bonds. The van der Waals surface area contributed by atoms with Gasteiger partial charge in [-0.1, -0.05) is 26.0 Å². The van der Waals surface area contributed by atoms with Crippen LogP contribution in [0.2, 0.25) is 0 Å². The molecule has 1 heteroatoms. The van der Waals surface area contributed by atoms with E-state index in [0.29, 0.717) is 0 Å². The van der Waals surface area contributed by atoms with Crippen LogP contribution < -0.4 is 4.74 Å². The molecule has 0 bridgehead atoms. The maximum atomic E-state index is 5.26. The van der Waals surface area contributed by atoms with Crippen LogP contribution in [0, 0.1) is 5.41 Å². The first kappa shape index (κ1) is 10.3. The van der Waals surface area contributed by atoms with Crippen molar-refractivity contribution in [3.05, 3.63) is 35.4 Å². The Balaban J connectivity index is 2.51. The summed E-state index contributed by atoms with van der Waals surface area (Å²) in [6.07, 6.45) is 3.46. The summed E-state index contributed by atoms with van der Waals surface area (Å²) in [7, 11) is 1.72. The molecule has 0 spiro atoms. The molecule has 1 aromatic carbocycles. The molecule has 0 fully saturated rings. The minimum absolute atomic E-state index is 0.267. The van der Waals surface area contributed by atoms with E-state index in [-0.39, 0.29) is 5.41 Å². The lowest BCUT2D eigenvalue weighted by Crippen LogP contribution is -2.17. The van der Waals surface area contributed by atoms with Gasteiger partial charge >= 0.3 is 0 Å². The van der Waals surface area contributed by atoms with Crippen molar-refractivity contribution < 1.29 is 4.74 Å². The van der Waals surface area contributed by atoms with Gasteiger partial charge in [0.1, 0.15) is 5.75 Å². The fraction of sp³-hybridized carbons (Fsp3) is 0.429. The molecule has 0 unspecified atom stereocenters. The van der Waals surface area contributed by atoms with Crippen molar-refractivity contribution in [1.29, 1.82) is 0 Å². The van der Waals surface area contributed by atoms with Crippen molar-refractivity contribution in [2.24, 2.45) is 5.41 Å². The molecule has 0 aromatic heterocycles. The van der Waals surface area contributed by atoms with Crippen molar-refractivity contribution in [2.75, 3.05) is 7.11 Å². The summed E-state index contributed by atoms with van der Waals surface area (Å²) in [5, 5.41) is 0. The molecule has 0 radical (unpaired) electrons. The van der Waals surface area contributed by atoms with Gasteiger partial charge in [0, 0.05) is 0 Å². The number of benzene rings is 1. The van der Waals surface area contributed by atoms with Crippen molar-refractivity contribution in [2.45, 2.75) is 27.2 Å². The Labute approximate surface area is 91.8 Å². The van der Waals surface area contributed by atoms with Crippen LogP contribution in [0.4, 0.5) is 0 Å². The lowest BCUT2D eigenvalue weighted by atomic mass is 9.76. The van der Waals surface area contributed by atoms with Crippen LogP contribution in [0.15, 0.2) is 24.3 Å². The van der Waals surface area contributed by atoms with Crippen molar-refractivity contribution >= 4 is 5.57 Å². The van der Waals surface area contributed by atoms with Crippen LogP contribution in [0.3, 0.4) is 0 Å². The molecular formula is C14H18O. The molecule has 0 heterocycles. The first-order valence-corrected chi connectivity index (χ1v) is 5.38. The second-order valence-electron chi connectivity index (χ2n) is 5.02. The Bertz CT molecular complexity index is 413. The molecule has 1 aliphatic carbocycles. The van der Waals surface area contributed by atoms with E-state index in [1.165, 1.54) is 16.7 Å². The van der Waals surface area contributed by atoms with Crippen molar-refractivity contribution in [1.82, 2.24) is 0 Å². The highest BCUT2D eigenvalue weighted by atomic mass is 16.5. The molecule has 80 valence electrons. The second-order valence-corrected chi connectivity index (χ2v) is 5.02. The van der Waals surface area contributed by atoms with Gasteiger partial charge in [0.2, 0.25) is 0 Å². The molecule has 0 saturated heterocycles. The third-order valence-corrected chi connectivity index (χ3v) is 2.99. The van der Waals surface area contributed by atoms with Crippen LogP contribution in [-0.2, 0) is 6.42 Å². The van der Waals surface area contributed by atoms with Gasteiger partial charge in [-0.05, 0) is 47.6 Å². The summed E-state index contributed by atoms with van der Waals surface area (Å²) in [5.74, 6) is 0.958. The minimum Gasteiger partial charge on any atom is -0.497 e. The fourth-order valence-corrected chi connectivity index (χ4v) is 2.43. The van der Waals surface area contributed by atoms with Crippen LogP contribution >= 0.6 is 0 Å². The number of ether oxygens (including phenoxy) is 1. The maximum Gasteiger partial charge on any atom is 0.119 e. The summed E-state index contributed by atoms with van der Waals surface area (Å²) in [6.45, 7) is 6.74. The van der Waals surface area contributed by atoms with Gasteiger partial charge in [0.25, 0.3) is 0 Å². The largest absolute Gasteiger partial charge is 0.497 e. The average Bonchev–Trinajstić information content (AvgIpc) is 2.14.